The number of rotatable bonds is 9. The summed E-state index contributed by atoms with van der Waals surface area (Å²) in [6.07, 6.45) is -3.39. The topological polar surface area (TPSA) is 43.5 Å². The number of aromatic amines is 1. The zero-order chi connectivity index (χ0) is 29.5. The summed E-state index contributed by atoms with van der Waals surface area (Å²) < 4.78 is 102. The molecule has 0 radical (unpaired) electrons. The Bertz CT molecular complexity index is 1380. The number of likely N-dealkylation sites (tertiary alicyclic amines) is 1. The van der Waals surface area contributed by atoms with Crippen molar-refractivity contribution in [1.82, 2.24) is 14.8 Å². The minimum Gasteiger partial charge on any atom is -0.434 e. The van der Waals surface area contributed by atoms with E-state index in [0.29, 0.717) is 59.7 Å². The lowest BCUT2D eigenvalue weighted by Gasteiger charge is -2.41. The molecular weight excluding hydrogens is 577 g/mol. The molecule has 1 saturated heterocycles. The Labute approximate surface area is 237 Å². The van der Waals surface area contributed by atoms with Crippen LogP contribution in [0.5, 0.6) is 5.75 Å². The van der Waals surface area contributed by atoms with Crippen LogP contribution in [0.3, 0.4) is 0 Å². The summed E-state index contributed by atoms with van der Waals surface area (Å²) in [5.74, 6) is -1.25. The molecule has 2 aromatic carbocycles. The van der Waals surface area contributed by atoms with Gasteiger partial charge in [-0.1, -0.05) is 23.7 Å². The molecule has 224 valence electrons. The van der Waals surface area contributed by atoms with E-state index >= 15 is 4.39 Å². The van der Waals surface area contributed by atoms with Gasteiger partial charge in [-0.25, -0.2) is 4.39 Å². The average molecular weight is 607 g/mol. The van der Waals surface area contributed by atoms with Gasteiger partial charge >= 0.3 is 12.8 Å². The molecule has 3 atom stereocenters. The van der Waals surface area contributed by atoms with Gasteiger partial charge in [-0.3, -0.25) is 9.29 Å². The Morgan fingerprint density at radius 2 is 2.00 bits per heavy atom. The van der Waals surface area contributed by atoms with E-state index in [2.05, 4.69) is 10.3 Å². The molecular formula is C28H30ClF7N4O. The van der Waals surface area contributed by atoms with Crippen molar-refractivity contribution in [3.05, 3.63) is 58.0 Å². The molecule has 0 spiro atoms. The molecule has 2 N–H and O–H groups in total. The van der Waals surface area contributed by atoms with Crippen LogP contribution in [-0.2, 0) is 6.42 Å². The lowest BCUT2D eigenvalue weighted by atomic mass is 9.88. The second kappa shape index (κ2) is 11.9. The molecule has 13 heteroatoms. The fourth-order valence-corrected chi connectivity index (χ4v) is 6.30. The van der Waals surface area contributed by atoms with Crippen LogP contribution in [0.4, 0.5) is 36.4 Å². The largest absolute Gasteiger partial charge is 0.434 e. The third kappa shape index (κ3) is 6.39. The normalized spacial score (nSPS) is 22.0. The van der Waals surface area contributed by atoms with E-state index < -0.39 is 49.7 Å². The Morgan fingerprint density at radius 3 is 2.71 bits per heavy atom. The Morgan fingerprint density at radius 1 is 1.22 bits per heavy atom. The fraction of sp³-hybridized carbons (Fsp3) is 0.500. The van der Waals surface area contributed by atoms with Gasteiger partial charge in [0.05, 0.1) is 35.5 Å². The van der Waals surface area contributed by atoms with Crippen molar-refractivity contribution in [3.8, 4) is 5.75 Å². The van der Waals surface area contributed by atoms with E-state index in [1.165, 1.54) is 0 Å². The van der Waals surface area contributed by atoms with Crippen molar-refractivity contribution in [3.63, 3.8) is 0 Å². The Hall–Kier alpha value is -2.70. The highest BCUT2D eigenvalue weighted by atomic mass is 35.5. The first-order valence-corrected chi connectivity index (χ1v) is 13.8. The second-order valence-electron chi connectivity index (χ2n) is 10.6. The third-order valence-electron chi connectivity index (χ3n) is 7.81. The number of nitrogens with zero attached hydrogens (tertiary/aromatic N) is 2. The number of ether oxygens (including phenoxy) is 1. The van der Waals surface area contributed by atoms with E-state index in [4.69, 9.17) is 16.3 Å². The molecule has 1 unspecified atom stereocenters. The number of para-hydroxylation sites is 1. The molecule has 1 aromatic heterocycles. The van der Waals surface area contributed by atoms with Gasteiger partial charge in [-0.15, -0.1) is 0 Å². The number of anilines is 1. The smallest absolute Gasteiger partial charge is 0.401 e. The van der Waals surface area contributed by atoms with E-state index in [1.807, 2.05) is 4.90 Å². The van der Waals surface area contributed by atoms with Crippen LogP contribution >= 0.6 is 11.6 Å². The fourth-order valence-electron chi connectivity index (χ4n) is 6.08. The minimum atomic E-state index is -4.62. The van der Waals surface area contributed by atoms with E-state index in [0.717, 1.165) is 17.0 Å². The minimum absolute atomic E-state index is 0.104. The number of benzene rings is 2. The van der Waals surface area contributed by atoms with Crippen molar-refractivity contribution < 1.29 is 35.5 Å². The molecule has 0 aliphatic carbocycles. The molecule has 0 amide bonds. The molecule has 41 heavy (non-hydrogen) atoms. The molecule has 5 nitrogen and oxygen atoms in total. The van der Waals surface area contributed by atoms with Gasteiger partial charge in [0.15, 0.2) is 0 Å². The summed E-state index contributed by atoms with van der Waals surface area (Å²) in [4.78, 5) is 6.24. The van der Waals surface area contributed by atoms with Crippen LogP contribution < -0.4 is 10.1 Å². The van der Waals surface area contributed by atoms with Crippen molar-refractivity contribution >= 4 is 28.2 Å². The molecule has 0 bridgehead atoms. The van der Waals surface area contributed by atoms with Crippen molar-refractivity contribution in [2.24, 2.45) is 0 Å². The Kier molecular flexibility index (Phi) is 8.63. The SMILES string of the molecule is C[C@@H]1Cc2c([nH]c3c(Cl)cccc23)C(c2cc(F)c(N[C@H]3CCN(CCCF)C3)cc2OC(F)F)N1CC(F)(F)F. The molecule has 3 heterocycles. The van der Waals surface area contributed by atoms with Gasteiger partial charge < -0.3 is 19.9 Å². The molecule has 2 aliphatic rings. The van der Waals surface area contributed by atoms with Gasteiger partial charge in [-0.2, -0.15) is 22.0 Å². The lowest BCUT2D eigenvalue weighted by Crippen LogP contribution is -2.47. The lowest BCUT2D eigenvalue weighted by molar-refractivity contribution is -0.155. The van der Waals surface area contributed by atoms with Crippen LogP contribution in [0.25, 0.3) is 10.9 Å². The van der Waals surface area contributed by atoms with Gasteiger partial charge in [0, 0.05) is 54.4 Å². The summed E-state index contributed by atoms with van der Waals surface area (Å²) >= 11 is 6.38. The summed E-state index contributed by atoms with van der Waals surface area (Å²) in [6.45, 7) is -1.78. The van der Waals surface area contributed by atoms with Crippen LogP contribution in [0, 0.1) is 5.82 Å². The first-order chi connectivity index (χ1) is 19.4. The molecule has 0 saturated carbocycles. The van der Waals surface area contributed by atoms with E-state index in [1.54, 1.807) is 25.1 Å². The number of H-pyrrole nitrogens is 1. The maximum atomic E-state index is 15.6. The van der Waals surface area contributed by atoms with Crippen LogP contribution in [0.1, 0.15) is 42.6 Å². The summed E-state index contributed by atoms with van der Waals surface area (Å²) in [7, 11) is 0. The zero-order valence-corrected chi connectivity index (χ0v) is 22.9. The highest BCUT2D eigenvalue weighted by Gasteiger charge is 2.43. The van der Waals surface area contributed by atoms with Crippen LogP contribution in [0.2, 0.25) is 5.02 Å². The predicted octanol–water partition coefficient (Wildman–Crippen LogP) is 7.31. The standard InChI is InChI=1S/C28H30ClF7N4O/c1-15-10-18-17-4-2-5-20(29)24(17)38-25(18)26(40(15)14-28(34,35)36)19-11-21(31)22(12-23(19)41-27(32)33)37-16-6-9-39(13-16)8-3-7-30/h2,4-5,11-12,15-16,26-27,37-38H,3,6-10,13-14H2,1H3/t15-,16+,26?/m1/s1. The van der Waals surface area contributed by atoms with Gasteiger partial charge in [-0.05, 0) is 43.9 Å². The number of halogens is 8. The summed E-state index contributed by atoms with van der Waals surface area (Å²) in [6, 6.07) is 5.00. The molecule has 2 aliphatic heterocycles. The first kappa shape index (κ1) is 29.8. The van der Waals surface area contributed by atoms with Crippen molar-refractivity contribution in [1.29, 1.82) is 0 Å². The Balaban J connectivity index is 1.59. The highest BCUT2D eigenvalue weighted by molar-refractivity contribution is 6.35. The van der Waals surface area contributed by atoms with Gasteiger partial charge in [0.25, 0.3) is 0 Å². The number of hydrogen-bond acceptors (Lipinski definition) is 4. The number of alkyl halides is 6. The van der Waals surface area contributed by atoms with Crippen LogP contribution in [0.15, 0.2) is 30.3 Å². The molecule has 5 rings (SSSR count). The molecule has 3 aromatic rings. The van der Waals surface area contributed by atoms with Crippen molar-refractivity contribution in [2.75, 3.05) is 38.2 Å². The number of nitrogens with one attached hydrogen (secondary N) is 2. The maximum Gasteiger partial charge on any atom is 0.401 e. The number of fused-ring (bicyclic) bond motifs is 3. The zero-order valence-electron chi connectivity index (χ0n) is 22.2. The first-order valence-electron chi connectivity index (χ1n) is 13.4. The highest BCUT2D eigenvalue weighted by Crippen LogP contribution is 2.46. The predicted molar refractivity (Wildman–Crippen MR) is 143 cm³/mol. The number of hydrogen-bond donors (Lipinski definition) is 2. The monoisotopic (exact) mass is 606 g/mol. The average Bonchev–Trinajstić information content (AvgIpc) is 3.49. The quantitative estimate of drug-likeness (QED) is 0.251. The number of aromatic nitrogens is 1. The maximum absolute atomic E-state index is 15.6. The van der Waals surface area contributed by atoms with Crippen LogP contribution in [-0.4, -0.2) is 72.5 Å². The van der Waals surface area contributed by atoms with E-state index in [9.17, 15) is 26.3 Å². The van der Waals surface area contributed by atoms with Gasteiger partial charge in [0.2, 0.25) is 0 Å². The molecule has 1 fully saturated rings. The van der Waals surface area contributed by atoms with Crippen molar-refractivity contribution in [2.45, 2.75) is 57.1 Å². The third-order valence-corrected chi connectivity index (χ3v) is 8.12. The summed E-state index contributed by atoms with van der Waals surface area (Å²) in [5.41, 5.74) is 1.23. The summed E-state index contributed by atoms with van der Waals surface area (Å²) in [5, 5.41) is 4.06. The second-order valence-corrected chi connectivity index (χ2v) is 11.1. The van der Waals surface area contributed by atoms with E-state index in [-0.39, 0.29) is 23.7 Å². The van der Waals surface area contributed by atoms with Gasteiger partial charge in [0.1, 0.15) is 11.6 Å².